The summed E-state index contributed by atoms with van der Waals surface area (Å²) < 4.78 is 4.64. The van der Waals surface area contributed by atoms with E-state index in [0.717, 1.165) is 36.2 Å². The molecule has 0 atom stereocenters. The normalized spacial score (nSPS) is 11.5. The van der Waals surface area contributed by atoms with Crippen molar-refractivity contribution in [2.75, 3.05) is 0 Å². The fraction of sp³-hybridized carbons (Fsp3) is 0.0909. The van der Waals surface area contributed by atoms with Gasteiger partial charge in [-0.2, -0.15) is 0 Å². The minimum absolute atomic E-state index is 0.735. The minimum Gasteiger partial charge on any atom is -0.230 e. The lowest BCUT2D eigenvalue weighted by atomic mass is 10.2. The van der Waals surface area contributed by atoms with Crippen LogP contribution in [0.5, 0.6) is 0 Å². The first kappa shape index (κ1) is 19.4. The quantitative estimate of drug-likeness (QED) is 0.234. The van der Waals surface area contributed by atoms with Crippen molar-refractivity contribution in [3.63, 3.8) is 0 Å². The molecule has 0 aliphatic carbocycles. The topological polar surface area (TPSA) is 25.8 Å². The summed E-state index contributed by atoms with van der Waals surface area (Å²) >= 11 is 13.1. The molecule has 0 saturated carbocycles. The molecule has 0 fully saturated rings. The summed E-state index contributed by atoms with van der Waals surface area (Å²) in [5.74, 6) is 1.85. The van der Waals surface area contributed by atoms with Crippen molar-refractivity contribution in [1.29, 1.82) is 0 Å². The standard InChI is InChI=1S/C22H15ClN2S4/c23-16-9-10-20-18(11-16)25-22(29-20)27-13-15-7-5-14(6-8-15)12-26-21-24-17-3-1-2-4-19(17)28-21/h1-11H,12-13H2. The van der Waals surface area contributed by atoms with Crippen LogP contribution in [-0.2, 0) is 11.5 Å². The molecule has 0 radical (unpaired) electrons. The molecule has 0 unspecified atom stereocenters. The average Bonchev–Trinajstić information content (AvgIpc) is 3.34. The summed E-state index contributed by atoms with van der Waals surface area (Å²) in [5, 5.41) is 0.735. The van der Waals surface area contributed by atoms with Crippen LogP contribution in [-0.4, -0.2) is 9.97 Å². The highest BCUT2D eigenvalue weighted by Crippen LogP contribution is 2.34. The van der Waals surface area contributed by atoms with Gasteiger partial charge in [0.15, 0.2) is 8.68 Å². The van der Waals surface area contributed by atoms with Crippen LogP contribution >= 0.6 is 57.8 Å². The molecule has 0 aliphatic rings. The van der Waals surface area contributed by atoms with Gasteiger partial charge in [0.25, 0.3) is 0 Å². The first-order chi connectivity index (χ1) is 14.2. The number of hydrogen-bond donors (Lipinski definition) is 0. The van der Waals surface area contributed by atoms with Crippen molar-refractivity contribution in [3.8, 4) is 0 Å². The molecule has 2 nitrogen and oxygen atoms in total. The second-order valence-corrected chi connectivity index (χ2v) is 11.4. The number of aromatic nitrogens is 2. The molecule has 5 rings (SSSR count). The Bertz CT molecular complexity index is 1240. The Balaban J connectivity index is 1.19. The van der Waals surface area contributed by atoms with Crippen molar-refractivity contribution in [1.82, 2.24) is 9.97 Å². The second kappa shape index (κ2) is 8.66. The zero-order chi connectivity index (χ0) is 19.6. The van der Waals surface area contributed by atoms with E-state index in [1.165, 1.54) is 20.5 Å². The van der Waals surface area contributed by atoms with Crippen molar-refractivity contribution in [2.24, 2.45) is 0 Å². The summed E-state index contributed by atoms with van der Waals surface area (Å²) in [6.45, 7) is 0. The predicted molar refractivity (Wildman–Crippen MR) is 130 cm³/mol. The molecule has 0 amide bonds. The van der Waals surface area contributed by atoms with Crippen LogP contribution in [0.15, 0.2) is 75.4 Å². The zero-order valence-electron chi connectivity index (χ0n) is 15.2. The van der Waals surface area contributed by atoms with E-state index in [1.807, 2.05) is 24.3 Å². The number of halogens is 1. The van der Waals surface area contributed by atoms with E-state index >= 15 is 0 Å². The first-order valence-electron chi connectivity index (χ1n) is 8.98. The van der Waals surface area contributed by atoms with Crippen LogP contribution in [0, 0.1) is 0 Å². The molecule has 0 spiro atoms. The number of thioether (sulfide) groups is 2. The molecular weight excluding hydrogens is 456 g/mol. The van der Waals surface area contributed by atoms with Crippen LogP contribution in [0.3, 0.4) is 0 Å². The largest absolute Gasteiger partial charge is 0.230 e. The summed E-state index contributed by atoms with van der Waals surface area (Å²) in [6.07, 6.45) is 0. The third-order valence-electron chi connectivity index (χ3n) is 4.35. The molecule has 0 aliphatic heterocycles. The molecule has 7 heteroatoms. The van der Waals surface area contributed by atoms with Gasteiger partial charge in [-0.25, -0.2) is 9.97 Å². The maximum atomic E-state index is 6.05. The molecule has 0 bridgehead atoms. The van der Waals surface area contributed by atoms with Gasteiger partial charge in [-0.1, -0.05) is 71.5 Å². The zero-order valence-corrected chi connectivity index (χ0v) is 19.2. The second-order valence-electron chi connectivity index (χ2n) is 6.43. The van der Waals surface area contributed by atoms with Gasteiger partial charge in [0.05, 0.1) is 20.4 Å². The lowest BCUT2D eigenvalue weighted by molar-refractivity contribution is 1.27. The van der Waals surface area contributed by atoms with Crippen LogP contribution in [0.4, 0.5) is 0 Å². The number of para-hydroxylation sites is 1. The van der Waals surface area contributed by atoms with E-state index < -0.39 is 0 Å². The van der Waals surface area contributed by atoms with Crippen molar-refractivity contribution < 1.29 is 0 Å². The molecule has 0 N–H and O–H groups in total. The SMILES string of the molecule is Clc1ccc2sc(SCc3ccc(CSc4nc5ccccc5s4)cc3)nc2c1. The Labute approximate surface area is 190 Å². The van der Waals surface area contributed by atoms with Gasteiger partial charge in [-0.05, 0) is 41.5 Å². The van der Waals surface area contributed by atoms with Crippen LogP contribution in [0.2, 0.25) is 5.02 Å². The molecule has 2 heterocycles. The first-order valence-corrected chi connectivity index (χ1v) is 13.0. The monoisotopic (exact) mass is 470 g/mol. The Hall–Kier alpha value is -1.57. The number of rotatable bonds is 6. The third-order valence-corrected chi connectivity index (χ3v) is 9.09. The van der Waals surface area contributed by atoms with Gasteiger partial charge in [-0.15, -0.1) is 22.7 Å². The van der Waals surface area contributed by atoms with Crippen LogP contribution < -0.4 is 0 Å². The molecule has 3 aromatic carbocycles. The smallest absolute Gasteiger partial charge is 0.151 e. The van der Waals surface area contributed by atoms with Gasteiger partial charge in [-0.3, -0.25) is 0 Å². The van der Waals surface area contributed by atoms with Gasteiger partial charge in [0, 0.05) is 16.5 Å². The number of hydrogen-bond acceptors (Lipinski definition) is 6. The van der Waals surface area contributed by atoms with Gasteiger partial charge in [0.2, 0.25) is 0 Å². The number of fused-ring (bicyclic) bond motifs is 2. The number of nitrogens with zero attached hydrogens (tertiary/aromatic N) is 2. The highest BCUT2D eigenvalue weighted by Gasteiger charge is 2.07. The Morgan fingerprint density at radius 3 is 1.93 bits per heavy atom. The van der Waals surface area contributed by atoms with E-state index in [9.17, 15) is 0 Å². The van der Waals surface area contributed by atoms with Gasteiger partial charge in [0.1, 0.15) is 0 Å². The van der Waals surface area contributed by atoms with Crippen LogP contribution in [0.25, 0.3) is 20.4 Å². The molecule has 5 aromatic rings. The van der Waals surface area contributed by atoms with E-state index in [1.54, 1.807) is 46.2 Å². The fourth-order valence-corrected chi connectivity index (χ4v) is 7.07. The summed E-state index contributed by atoms with van der Waals surface area (Å²) in [4.78, 5) is 9.37. The summed E-state index contributed by atoms with van der Waals surface area (Å²) in [7, 11) is 0. The van der Waals surface area contributed by atoms with Crippen molar-refractivity contribution in [3.05, 3.63) is 82.9 Å². The number of thiazole rings is 2. The van der Waals surface area contributed by atoms with Crippen molar-refractivity contribution >= 4 is 78.2 Å². The molecule has 0 saturated heterocycles. The summed E-state index contributed by atoms with van der Waals surface area (Å²) in [6, 6.07) is 23.0. The molecule has 29 heavy (non-hydrogen) atoms. The Morgan fingerprint density at radius 2 is 1.28 bits per heavy atom. The minimum atomic E-state index is 0.735. The van der Waals surface area contributed by atoms with Gasteiger partial charge < -0.3 is 0 Å². The molecule has 144 valence electrons. The fourth-order valence-electron chi connectivity index (χ4n) is 2.88. The average molecular weight is 471 g/mol. The maximum Gasteiger partial charge on any atom is 0.151 e. The Morgan fingerprint density at radius 1 is 0.690 bits per heavy atom. The Kier molecular flexibility index (Phi) is 5.79. The highest BCUT2D eigenvalue weighted by atomic mass is 35.5. The highest BCUT2D eigenvalue weighted by molar-refractivity contribution is 8.00. The molecule has 2 aromatic heterocycles. The predicted octanol–water partition coefficient (Wildman–Crippen LogP) is 8.14. The van der Waals surface area contributed by atoms with E-state index in [4.69, 9.17) is 16.6 Å². The number of benzene rings is 3. The maximum absolute atomic E-state index is 6.05. The van der Waals surface area contributed by atoms with Crippen molar-refractivity contribution in [2.45, 2.75) is 20.2 Å². The van der Waals surface area contributed by atoms with Gasteiger partial charge >= 0.3 is 0 Å². The van der Waals surface area contributed by atoms with E-state index in [2.05, 4.69) is 47.4 Å². The lowest BCUT2D eigenvalue weighted by Crippen LogP contribution is -1.84. The lowest BCUT2D eigenvalue weighted by Gasteiger charge is -2.02. The summed E-state index contributed by atoms with van der Waals surface area (Å²) in [5.41, 5.74) is 4.69. The van der Waals surface area contributed by atoms with E-state index in [-0.39, 0.29) is 0 Å². The van der Waals surface area contributed by atoms with Crippen LogP contribution in [0.1, 0.15) is 11.1 Å². The third kappa shape index (κ3) is 4.62. The van der Waals surface area contributed by atoms with E-state index in [0.29, 0.717) is 0 Å². The molecular formula is C22H15ClN2S4.